The fourth-order valence-corrected chi connectivity index (χ4v) is 3.64. The molecule has 1 atom stereocenters. The number of halogens is 1. The average Bonchev–Trinajstić information content (AvgIpc) is 3.24. The van der Waals surface area contributed by atoms with Crippen LogP contribution in [0.2, 0.25) is 0 Å². The Morgan fingerprint density at radius 2 is 1.97 bits per heavy atom. The molecule has 4 rings (SSSR count). The summed E-state index contributed by atoms with van der Waals surface area (Å²) >= 11 is 0. The summed E-state index contributed by atoms with van der Waals surface area (Å²) in [5.74, 6) is -0.134. The maximum Gasteiger partial charge on any atom is 0.528 e. The summed E-state index contributed by atoms with van der Waals surface area (Å²) in [6, 6.07) is 4.00. The average molecular weight is 490 g/mol. The highest BCUT2D eigenvalue weighted by molar-refractivity contribution is 5.70. The van der Waals surface area contributed by atoms with Crippen LogP contribution in [0.15, 0.2) is 24.5 Å². The number of alkyl carbamates (subject to hydrolysis) is 1. The third-order valence-electron chi connectivity index (χ3n) is 5.44. The molecule has 1 aromatic heterocycles. The lowest BCUT2D eigenvalue weighted by Gasteiger charge is -2.30. The van der Waals surface area contributed by atoms with E-state index >= 15 is 0 Å². The first-order valence-corrected chi connectivity index (χ1v) is 11.3. The van der Waals surface area contributed by atoms with Gasteiger partial charge in [0.2, 0.25) is 11.8 Å². The van der Waals surface area contributed by atoms with Gasteiger partial charge < -0.3 is 29.1 Å². The van der Waals surface area contributed by atoms with Crippen LogP contribution in [0.4, 0.5) is 14.0 Å². The fraction of sp³-hybridized carbons (Fsp3) is 0.478. The number of amides is 1. The van der Waals surface area contributed by atoms with Crippen molar-refractivity contribution in [3.63, 3.8) is 0 Å². The number of ether oxygens (including phenoxy) is 4. The second-order valence-electron chi connectivity index (χ2n) is 8.45. The zero-order chi connectivity index (χ0) is 24.9. The predicted molar refractivity (Wildman–Crippen MR) is 118 cm³/mol. The quantitative estimate of drug-likeness (QED) is 0.573. The number of cyclic esters (lactones) is 1. The van der Waals surface area contributed by atoms with E-state index in [4.69, 9.17) is 23.8 Å². The molecule has 1 N–H and O–H groups in total. The fourth-order valence-electron chi connectivity index (χ4n) is 3.64. The van der Waals surface area contributed by atoms with Gasteiger partial charge in [-0.05, 0) is 38.5 Å². The zero-order valence-electron chi connectivity index (χ0n) is 19.7. The van der Waals surface area contributed by atoms with Gasteiger partial charge in [0.05, 0.1) is 17.7 Å². The molecular formula is C23H27FN4O7. The molecule has 1 aromatic carbocycles. The van der Waals surface area contributed by atoms with Crippen molar-refractivity contribution in [1.29, 1.82) is 0 Å². The lowest BCUT2D eigenvalue weighted by molar-refractivity contribution is -0.151. The largest absolute Gasteiger partial charge is 0.528 e. The molecule has 0 saturated carbocycles. The SMILES string of the molecule is Cc1c(Oc2ccc([C@H]3COC(=O)N3)cc2F)ncnc1OC1CCN(OC(=O)OC(C)C)CC1. The van der Waals surface area contributed by atoms with E-state index in [0.29, 0.717) is 42.9 Å². The monoisotopic (exact) mass is 490 g/mol. The van der Waals surface area contributed by atoms with Crippen LogP contribution in [0, 0.1) is 12.7 Å². The van der Waals surface area contributed by atoms with E-state index in [1.165, 1.54) is 18.5 Å². The molecule has 2 aliphatic rings. The van der Waals surface area contributed by atoms with E-state index in [-0.39, 0.29) is 30.4 Å². The third-order valence-corrected chi connectivity index (χ3v) is 5.44. The Kier molecular flexibility index (Phi) is 7.49. The van der Waals surface area contributed by atoms with Crippen LogP contribution in [0.1, 0.15) is 43.9 Å². The topological polar surface area (TPSA) is 121 Å². The molecule has 11 nitrogen and oxygen atoms in total. The van der Waals surface area contributed by atoms with Crippen molar-refractivity contribution in [1.82, 2.24) is 20.3 Å². The molecule has 2 aromatic rings. The number of aromatic nitrogens is 2. The molecule has 35 heavy (non-hydrogen) atoms. The lowest BCUT2D eigenvalue weighted by atomic mass is 10.1. The van der Waals surface area contributed by atoms with Crippen LogP contribution >= 0.6 is 0 Å². The Labute approximate surface area is 201 Å². The minimum absolute atomic E-state index is 0.0227. The maximum absolute atomic E-state index is 14.7. The van der Waals surface area contributed by atoms with Gasteiger partial charge in [0.15, 0.2) is 11.6 Å². The summed E-state index contributed by atoms with van der Waals surface area (Å²) in [6.45, 7) is 6.32. The number of hydrogen-bond acceptors (Lipinski definition) is 10. The molecule has 0 bridgehead atoms. The number of nitrogens with zero attached hydrogens (tertiary/aromatic N) is 3. The molecule has 2 aliphatic heterocycles. The summed E-state index contributed by atoms with van der Waals surface area (Å²) in [7, 11) is 0. The molecule has 1 amide bonds. The molecule has 2 saturated heterocycles. The van der Waals surface area contributed by atoms with Crippen LogP contribution in [0.25, 0.3) is 0 Å². The molecule has 0 spiro atoms. The summed E-state index contributed by atoms with van der Waals surface area (Å²) in [5.41, 5.74) is 1.09. The van der Waals surface area contributed by atoms with E-state index in [2.05, 4.69) is 15.3 Å². The number of hydrogen-bond donors (Lipinski definition) is 1. The van der Waals surface area contributed by atoms with Gasteiger partial charge >= 0.3 is 12.2 Å². The zero-order valence-corrected chi connectivity index (χ0v) is 19.7. The molecule has 12 heteroatoms. The second-order valence-corrected chi connectivity index (χ2v) is 8.45. The van der Waals surface area contributed by atoms with E-state index < -0.39 is 24.1 Å². The molecule has 0 radical (unpaired) electrons. The Morgan fingerprint density at radius 3 is 2.63 bits per heavy atom. The molecule has 2 fully saturated rings. The number of nitrogens with one attached hydrogen (secondary N) is 1. The van der Waals surface area contributed by atoms with Gasteiger partial charge in [0, 0.05) is 25.9 Å². The van der Waals surface area contributed by atoms with Crippen molar-refractivity contribution >= 4 is 12.2 Å². The van der Waals surface area contributed by atoms with Crippen LogP contribution < -0.4 is 14.8 Å². The van der Waals surface area contributed by atoms with Gasteiger partial charge in [-0.3, -0.25) is 0 Å². The lowest BCUT2D eigenvalue weighted by Crippen LogP contribution is -2.40. The van der Waals surface area contributed by atoms with Crippen molar-refractivity contribution in [2.45, 2.75) is 51.9 Å². The predicted octanol–water partition coefficient (Wildman–Crippen LogP) is 3.82. The highest BCUT2D eigenvalue weighted by atomic mass is 19.1. The van der Waals surface area contributed by atoms with Crippen molar-refractivity contribution in [3.8, 4) is 17.5 Å². The number of benzene rings is 1. The van der Waals surface area contributed by atoms with Crippen molar-refractivity contribution < 1.29 is 37.8 Å². The van der Waals surface area contributed by atoms with Crippen molar-refractivity contribution in [3.05, 3.63) is 41.5 Å². The molecule has 3 heterocycles. The van der Waals surface area contributed by atoms with Crippen LogP contribution in [-0.4, -0.2) is 59.2 Å². The van der Waals surface area contributed by atoms with E-state index in [0.717, 1.165) is 0 Å². The van der Waals surface area contributed by atoms with Gasteiger partial charge in [0.25, 0.3) is 0 Å². The maximum atomic E-state index is 14.7. The summed E-state index contributed by atoms with van der Waals surface area (Å²) in [5, 5.41) is 4.14. The Morgan fingerprint density at radius 1 is 1.23 bits per heavy atom. The second kappa shape index (κ2) is 10.7. The van der Waals surface area contributed by atoms with E-state index in [9.17, 15) is 14.0 Å². The van der Waals surface area contributed by atoms with Gasteiger partial charge in [-0.2, -0.15) is 0 Å². The van der Waals surface area contributed by atoms with E-state index in [1.54, 1.807) is 31.9 Å². The number of hydroxylamine groups is 2. The molecule has 0 unspecified atom stereocenters. The molecule has 188 valence electrons. The standard InChI is InChI=1S/C23H27FN4O7/c1-13(2)32-23(30)35-28-8-6-16(7-9-28)33-20-14(3)21(26-12-25-20)34-19-5-4-15(10-17(19)24)18-11-31-22(29)27-18/h4-5,10,12-13,16,18H,6-9,11H2,1-3H3,(H,27,29)/t18-/m1/s1. The summed E-state index contributed by atoms with van der Waals surface area (Å²) < 4.78 is 36.2. The summed E-state index contributed by atoms with van der Waals surface area (Å²) in [6.07, 6.45) is 0.822. The van der Waals surface area contributed by atoms with Gasteiger partial charge in [-0.15, -0.1) is 5.06 Å². The minimum Gasteiger partial charge on any atom is -0.474 e. The first-order valence-electron chi connectivity index (χ1n) is 11.3. The first-order chi connectivity index (χ1) is 16.8. The highest BCUT2D eigenvalue weighted by Gasteiger charge is 2.27. The Hall–Kier alpha value is -3.67. The number of carbonyl (C=O) groups is 2. The third kappa shape index (κ3) is 6.27. The first kappa shape index (κ1) is 24.5. The van der Waals surface area contributed by atoms with Crippen molar-refractivity contribution in [2.24, 2.45) is 0 Å². The number of carbonyl (C=O) groups excluding carboxylic acids is 2. The molecule has 0 aliphatic carbocycles. The molecular weight excluding hydrogens is 463 g/mol. The van der Waals surface area contributed by atoms with Crippen LogP contribution in [0.5, 0.6) is 17.5 Å². The van der Waals surface area contributed by atoms with E-state index in [1.807, 2.05) is 0 Å². The van der Waals surface area contributed by atoms with Gasteiger partial charge in [0.1, 0.15) is 19.0 Å². The van der Waals surface area contributed by atoms with Crippen LogP contribution in [-0.2, 0) is 14.3 Å². The normalized spacial score (nSPS) is 18.7. The van der Waals surface area contributed by atoms with Crippen LogP contribution in [0.3, 0.4) is 0 Å². The smallest absolute Gasteiger partial charge is 0.474 e. The summed E-state index contributed by atoms with van der Waals surface area (Å²) in [4.78, 5) is 36.3. The van der Waals surface area contributed by atoms with Gasteiger partial charge in [-0.1, -0.05) is 6.07 Å². The Bertz CT molecular complexity index is 1080. The van der Waals surface area contributed by atoms with Gasteiger partial charge in [-0.25, -0.2) is 23.9 Å². The highest BCUT2D eigenvalue weighted by Crippen LogP contribution is 2.32. The van der Waals surface area contributed by atoms with Crippen molar-refractivity contribution in [2.75, 3.05) is 19.7 Å². The number of rotatable bonds is 7. The number of piperidine rings is 1. The minimum atomic E-state index is -0.727. The Balaban J connectivity index is 1.35.